The Bertz CT molecular complexity index is 925. The summed E-state index contributed by atoms with van der Waals surface area (Å²) in [5.74, 6) is -1.36. The Morgan fingerprint density at radius 1 is 1.06 bits per heavy atom. The van der Waals surface area contributed by atoms with Crippen LogP contribution in [0, 0.1) is 0 Å². The molecule has 178 valence electrons. The molecule has 0 saturated carbocycles. The summed E-state index contributed by atoms with van der Waals surface area (Å²) in [4.78, 5) is 23.8. The summed E-state index contributed by atoms with van der Waals surface area (Å²) in [7, 11) is 0. The van der Waals surface area contributed by atoms with Gasteiger partial charge in [0.05, 0.1) is 0 Å². The van der Waals surface area contributed by atoms with E-state index in [2.05, 4.69) is 5.32 Å². The van der Waals surface area contributed by atoms with Crippen LogP contribution in [0.25, 0.3) is 0 Å². The molecule has 9 heteroatoms. The van der Waals surface area contributed by atoms with Crippen molar-refractivity contribution in [2.45, 2.75) is 56.5 Å². The molecule has 0 aliphatic carbocycles. The number of ether oxygens (including phenoxy) is 3. The Morgan fingerprint density at radius 3 is 2.27 bits per heavy atom. The Morgan fingerprint density at radius 2 is 1.67 bits per heavy atom. The number of esters is 1. The second-order valence-corrected chi connectivity index (χ2v) is 8.02. The first-order valence-electron chi connectivity index (χ1n) is 10.6. The van der Waals surface area contributed by atoms with Crippen LogP contribution in [-0.4, -0.2) is 64.1 Å². The second kappa shape index (κ2) is 10.8. The lowest BCUT2D eigenvalue weighted by molar-refractivity contribution is -0.292. The minimum Gasteiger partial charge on any atom is -0.463 e. The van der Waals surface area contributed by atoms with E-state index >= 15 is 0 Å². The average Bonchev–Trinajstić information content (AvgIpc) is 2.82. The van der Waals surface area contributed by atoms with Gasteiger partial charge in [-0.3, -0.25) is 4.79 Å². The quantitative estimate of drug-likeness (QED) is 0.457. The molecule has 1 aliphatic heterocycles. The van der Waals surface area contributed by atoms with Gasteiger partial charge in [0.1, 0.15) is 37.1 Å². The van der Waals surface area contributed by atoms with Crippen LogP contribution >= 0.6 is 0 Å². The van der Waals surface area contributed by atoms with Crippen LogP contribution in [0.15, 0.2) is 60.7 Å². The lowest BCUT2D eigenvalue weighted by Crippen LogP contribution is -2.73. The van der Waals surface area contributed by atoms with Crippen LogP contribution in [0.5, 0.6) is 0 Å². The fourth-order valence-corrected chi connectivity index (χ4v) is 3.98. The molecule has 1 saturated heterocycles. The highest BCUT2D eigenvalue weighted by Gasteiger charge is 2.59. The average molecular weight is 459 g/mol. The zero-order valence-electron chi connectivity index (χ0n) is 18.5. The minimum absolute atomic E-state index is 0.0271. The molecule has 0 radical (unpaired) electrons. The van der Waals surface area contributed by atoms with Crippen molar-refractivity contribution < 1.29 is 39.1 Å². The van der Waals surface area contributed by atoms with Crippen molar-refractivity contribution in [3.05, 3.63) is 71.8 Å². The van der Waals surface area contributed by atoms with E-state index in [1.165, 1.54) is 6.92 Å². The number of benzene rings is 2. The van der Waals surface area contributed by atoms with E-state index in [9.17, 15) is 24.9 Å². The van der Waals surface area contributed by atoms with E-state index in [-0.39, 0.29) is 13.2 Å². The third kappa shape index (κ3) is 5.69. The van der Waals surface area contributed by atoms with Crippen molar-refractivity contribution in [1.29, 1.82) is 0 Å². The van der Waals surface area contributed by atoms with Gasteiger partial charge in [0.2, 0.25) is 0 Å². The van der Waals surface area contributed by atoms with Gasteiger partial charge in [-0.1, -0.05) is 67.6 Å². The van der Waals surface area contributed by atoms with Gasteiger partial charge < -0.3 is 34.8 Å². The van der Waals surface area contributed by atoms with Gasteiger partial charge in [-0.15, -0.1) is 0 Å². The number of carbonyl (C=O) groups excluding carboxylic acids is 2. The van der Waals surface area contributed by atoms with Crippen molar-refractivity contribution in [3.8, 4) is 0 Å². The van der Waals surface area contributed by atoms with Crippen molar-refractivity contribution in [2.24, 2.45) is 0 Å². The van der Waals surface area contributed by atoms with Crippen molar-refractivity contribution >= 4 is 12.1 Å². The summed E-state index contributed by atoms with van der Waals surface area (Å²) >= 11 is 0. The fraction of sp³-hybridized carbons (Fsp3) is 0.417. The first-order valence-corrected chi connectivity index (χ1v) is 10.6. The van der Waals surface area contributed by atoms with Gasteiger partial charge in [-0.2, -0.15) is 0 Å². The number of carbonyl (C=O) groups is 2. The fourth-order valence-electron chi connectivity index (χ4n) is 3.98. The summed E-state index contributed by atoms with van der Waals surface area (Å²) in [6.07, 6.45) is -5.46. The van der Waals surface area contributed by atoms with E-state index in [0.717, 1.165) is 5.56 Å². The summed E-state index contributed by atoms with van der Waals surface area (Å²) in [6, 6.07) is 16.4. The molecule has 1 unspecified atom stereocenters. The molecule has 9 nitrogen and oxygen atoms in total. The molecule has 6 atom stereocenters. The van der Waals surface area contributed by atoms with Gasteiger partial charge in [-0.05, 0) is 11.1 Å². The summed E-state index contributed by atoms with van der Waals surface area (Å²) in [5.41, 5.74) is -0.679. The molecule has 33 heavy (non-hydrogen) atoms. The van der Waals surface area contributed by atoms with Crippen LogP contribution in [0.3, 0.4) is 0 Å². The molecule has 1 fully saturated rings. The summed E-state index contributed by atoms with van der Waals surface area (Å²) < 4.78 is 15.5. The maximum Gasteiger partial charge on any atom is 0.407 e. The van der Waals surface area contributed by atoms with Crippen molar-refractivity contribution in [1.82, 2.24) is 5.32 Å². The highest BCUT2D eigenvalue weighted by Crippen LogP contribution is 2.40. The highest BCUT2D eigenvalue weighted by molar-refractivity contribution is 5.68. The smallest absolute Gasteiger partial charge is 0.407 e. The number of nitrogens with one attached hydrogen (secondary N) is 1. The number of hydrogen-bond acceptors (Lipinski definition) is 8. The Hall–Kier alpha value is -2.98. The molecule has 2 aromatic carbocycles. The number of amides is 1. The zero-order valence-corrected chi connectivity index (χ0v) is 18.5. The minimum atomic E-state index is -2.09. The SMILES string of the molecule is CC(=O)OC[C@H]1O[C@H](O)[C@H](NC(=O)OCc2ccccc2)[C@](O)(C(C)c2ccccc2)[C@@H]1O. The Balaban J connectivity index is 1.84. The first kappa shape index (κ1) is 24.7. The van der Waals surface area contributed by atoms with Gasteiger partial charge in [0.15, 0.2) is 6.29 Å². The molecular formula is C24H29NO8. The molecular weight excluding hydrogens is 430 g/mol. The lowest BCUT2D eigenvalue weighted by Gasteiger charge is -2.51. The van der Waals surface area contributed by atoms with Crippen molar-refractivity contribution in [3.63, 3.8) is 0 Å². The predicted molar refractivity (Wildman–Crippen MR) is 117 cm³/mol. The molecule has 1 heterocycles. The van der Waals surface area contributed by atoms with Crippen LogP contribution in [-0.2, 0) is 25.6 Å². The normalized spacial score (nSPS) is 27.9. The van der Waals surface area contributed by atoms with Crippen molar-refractivity contribution in [2.75, 3.05) is 6.61 Å². The Labute approximate surface area is 191 Å². The van der Waals surface area contributed by atoms with E-state index in [4.69, 9.17) is 14.2 Å². The molecule has 1 aliphatic rings. The largest absolute Gasteiger partial charge is 0.463 e. The predicted octanol–water partition coefficient (Wildman–Crippen LogP) is 1.46. The second-order valence-electron chi connectivity index (χ2n) is 8.02. The number of hydrogen-bond donors (Lipinski definition) is 4. The Kier molecular flexibility index (Phi) is 8.04. The number of aliphatic hydroxyl groups is 3. The summed E-state index contributed by atoms with van der Waals surface area (Å²) in [5, 5.41) is 36.0. The molecule has 0 spiro atoms. The molecule has 4 N–H and O–H groups in total. The molecule has 2 aromatic rings. The van der Waals surface area contributed by atoms with Crippen LogP contribution in [0.2, 0.25) is 0 Å². The van der Waals surface area contributed by atoms with Gasteiger partial charge >= 0.3 is 12.1 Å². The van der Waals surface area contributed by atoms with E-state index in [0.29, 0.717) is 5.56 Å². The van der Waals surface area contributed by atoms with Gasteiger partial charge in [-0.25, -0.2) is 4.79 Å². The van der Waals surface area contributed by atoms with E-state index in [1.807, 2.05) is 6.07 Å². The lowest BCUT2D eigenvalue weighted by atomic mass is 9.71. The molecule has 0 bridgehead atoms. The van der Waals surface area contributed by atoms with Crippen LogP contribution in [0.4, 0.5) is 4.79 Å². The maximum atomic E-state index is 12.5. The van der Waals surface area contributed by atoms with E-state index in [1.54, 1.807) is 61.5 Å². The van der Waals surface area contributed by atoms with Gasteiger partial charge in [0.25, 0.3) is 0 Å². The first-order chi connectivity index (χ1) is 15.7. The number of alkyl carbamates (subject to hydrolysis) is 1. The number of aliphatic hydroxyl groups excluding tert-OH is 2. The third-order valence-corrected chi connectivity index (χ3v) is 5.85. The third-order valence-electron chi connectivity index (χ3n) is 5.85. The van der Waals surface area contributed by atoms with Crippen LogP contribution < -0.4 is 5.32 Å². The number of rotatable bonds is 7. The highest BCUT2D eigenvalue weighted by atomic mass is 16.6. The van der Waals surface area contributed by atoms with Crippen LogP contribution in [0.1, 0.15) is 30.9 Å². The van der Waals surface area contributed by atoms with Gasteiger partial charge in [0, 0.05) is 12.8 Å². The standard InChI is InChI=1S/C24H29NO8/c1-15(18-11-7-4-8-12-18)24(30)20(22(28)33-19(21(24)27)14-31-16(2)26)25-23(29)32-13-17-9-5-3-6-10-17/h3-12,15,19-22,27-28,30H,13-14H2,1-2H3,(H,25,29)/t15?,19-,20+,21-,22+,24-/m1/s1. The monoisotopic (exact) mass is 459 g/mol. The molecule has 1 amide bonds. The molecule has 3 rings (SSSR count). The van der Waals surface area contributed by atoms with E-state index < -0.39 is 48.1 Å². The zero-order chi connectivity index (χ0) is 24.0. The molecule has 0 aromatic heterocycles. The topological polar surface area (TPSA) is 135 Å². The summed E-state index contributed by atoms with van der Waals surface area (Å²) in [6.45, 7) is 2.43. The maximum absolute atomic E-state index is 12.5.